The van der Waals surface area contributed by atoms with E-state index in [1.165, 1.54) is 6.08 Å². The number of carbonyl (C=O) groups is 2. The lowest BCUT2D eigenvalue weighted by Gasteiger charge is -2.33. The van der Waals surface area contributed by atoms with Gasteiger partial charge < -0.3 is 15.5 Å². The number of anilines is 2. The highest BCUT2D eigenvalue weighted by Gasteiger charge is 2.27. The average Bonchev–Trinajstić information content (AvgIpc) is 3.58. The van der Waals surface area contributed by atoms with Crippen LogP contribution in [0.4, 0.5) is 11.4 Å². The van der Waals surface area contributed by atoms with Gasteiger partial charge in [-0.3, -0.25) is 9.59 Å². The highest BCUT2D eigenvalue weighted by atomic mass is 16.2. The van der Waals surface area contributed by atoms with Gasteiger partial charge in [0.15, 0.2) is 0 Å². The zero-order valence-electron chi connectivity index (χ0n) is 17.4. The molecular formula is C25H29N3O2. The molecule has 1 saturated carbocycles. The highest BCUT2D eigenvalue weighted by Crippen LogP contribution is 2.30. The first kappa shape index (κ1) is 20.2. The standard InChI is InChI=1S/C25H29N3O2/c1-18-13-15-28(16-14-18)23-11-10-21(17-22(23)25(30)27-20-8-9-20)26-24(29)12-7-19-5-3-2-4-6-19/h2-7,10-12,17-18,20H,8-9,13-16H2,1H3,(H,26,29)(H,27,30)/b12-7+. The molecule has 0 unspecified atom stereocenters. The number of benzene rings is 2. The molecule has 0 spiro atoms. The number of nitrogens with one attached hydrogen (secondary N) is 2. The summed E-state index contributed by atoms with van der Waals surface area (Å²) in [6, 6.07) is 15.6. The Morgan fingerprint density at radius 2 is 1.73 bits per heavy atom. The van der Waals surface area contributed by atoms with E-state index in [4.69, 9.17) is 0 Å². The molecule has 2 amide bonds. The van der Waals surface area contributed by atoms with Crippen molar-refractivity contribution in [2.75, 3.05) is 23.3 Å². The number of rotatable bonds is 6. The van der Waals surface area contributed by atoms with E-state index in [9.17, 15) is 9.59 Å². The number of hydrogen-bond donors (Lipinski definition) is 2. The Balaban J connectivity index is 1.51. The molecule has 1 aliphatic heterocycles. The molecule has 0 radical (unpaired) electrons. The Morgan fingerprint density at radius 3 is 2.43 bits per heavy atom. The van der Waals surface area contributed by atoms with Gasteiger partial charge in [-0.15, -0.1) is 0 Å². The Bertz CT molecular complexity index is 927. The zero-order chi connectivity index (χ0) is 20.9. The molecule has 0 bridgehead atoms. The lowest BCUT2D eigenvalue weighted by Crippen LogP contribution is -2.35. The van der Waals surface area contributed by atoms with Crippen LogP contribution >= 0.6 is 0 Å². The smallest absolute Gasteiger partial charge is 0.253 e. The van der Waals surface area contributed by atoms with Crippen LogP contribution < -0.4 is 15.5 Å². The summed E-state index contributed by atoms with van der Waals surface area (Å²) in [4.78, 5) is 27.6. The number of carbonyl (C=O) groups excluding carboxylic acids is 2. The van der Waals surface area contributed by atoms with Crippen LogP contribution in [0.2, 0.25) is 0 Å². The summed E-state index contributed by atoms with van der Waals surface area (Å²) >= 11 is 0. The molecule has 1 heterocycles. The van der Waals surface area contributed by atoms with Gasteiger partial charge in [0.2, 0.25) is 5.91 Å². The molecular weight excluding hydrogens is 374 g/mol. The molecule has 2 fully saturated rings. The van der Waals surface area contributed by atoms with Gasteiger partial charge in [0.1, 0.15) is 0 Å². The first-order valence-electron chi connectivity index (χ1n) is 10.8. The summed E-state index contributed by atoms with van der Waals surface area (Å²) in [7, 11) is 0. The van der Waals surface area contributed by atoms with Crippen molar-refractivity contribution in [2.24, 2.45) is 5.92 Å². The molecule has 2 aromatic rings. The van der Waals surface area contributed by atoms with Crippen LogP contribution in [0, 0.1) is 5.92 Å². The summed E-state index contributed by atoms with van der Waals surface area (Å²) in [5.74, 6) is 0.453. The molecule has 2 N–H and O–H groups in total. The van der Waals surface area contributed by atoms with Gasteiger partial charge >= 0.3 is 0 Å². The van der Waals surface area contributed by atoms with Gasteiger partial charge in [-0.1, -0.05) is 37.3 Å². The molecule has 5 heteroatoms. The van der Waals surface area contributed by atoms with Gasteiger partial charge in [-0.2, -0.15) is 0 Å². The third-order valence-corrected chi connectivity index (χ3v) is 5.77. The molecule has 2 aromatic carbocycles. The van der Waals surface area contributed by atoms with E-state index in [1.54, 1.807) is 12.1 Å². The van der Waals surface area contributed by atoms with Crippen molar-refractivity contribution in [1.82, 2.24) is 5.32 Å². The summed E-state index contributed by atoms with van der Waals surface area (Å²) in [5, 5.41) is 5.98. The maximum absolute atomic E-state index is 12.9. The van der Waals surface area contributed by atoms with Gasteiger partial charge in [-0.25, -0.2) is 0 Å². The van der Waals surface area contributed by atoms with Crippen LogP contribution in [0.25, 0.3) is 6.08 Å². The largest absolute Gasteiger partial charge is 0.371 e. The molecule has 1 saturated heterocycles. The van der Waals surface area contributed by atoms with Crippen LogP contribution in [0.5, 0.6) is 0 Å². The quantitative estimate of drug-likeness (QED) is 0.700. The highest BCUT2D eigenvalue weighted by molar-refractivity contribution is 6.05. The van der Waals surface area contributed by atoms with E-state index >= 15 is 0 Å². The Morgan fingerprint density at radius 1 is 1.00 bits per heavy atom. The Kier molecular flexibility index (Phi) is 6.17. The predicted molar refractivity (Wildman–Crippen MR) is 122 cm³/mol. The molecule has 30 heavy (non-hydrogen) atoms. The van der Waals surface area contributed by atoms with Crippen molar-refractivity contribution in [3.63, 3.8) is 0 Å². The fourth-order valence-corrected chi connectivity index (χ4v) is 3.73. The summed E-state index contributed by atoms with van der Waals surface area (Å²) in [6.07, 6.45) is 7.64. The molecule has 0 atom stereocenters. The molecule has 156 valence electrons. The Hall–Kier alpha value is -3.08. The molecule has 1 aliphatic carbocycles. The summed E-state index contributed by atoms with van der Waals surface area (Å²) < 4.78 is 0. The molecule has 4 rings (SSSR count). The van der Waals surface area contributed by atoms with Crippen molar-refractivity contribution < 1.29 is 9.59 Å². The normalized spacial score (nSPS) is 17.2. The number of nitrogens with zero attached hydrogens (tertiary/aromatic N) is 1. The van der Waals surface area contributed by atoms with Crippen molar-refractivity contribution in [3.05, 3.63) is 65.7 Å². The molecule has 2 aliphatic rings. The lowest BCUT2D eigenvalue weighted by molar-refractivity contribution is -0.111. The maximum Gasteiger partial charge on any atom is 0.253 e. The maximum atomic E-state index is 12.9. The van der Waals surface area contributed by atoms with E-state index in [0.717, 1.165) is 55.9 Å². The van der Waals surface area contributed by atoms with Gasteiger partial charge in [0.05, 0.1) is 5.56 Å². The fraction of sp³-hybridized carbons (Fsp3) is 0.360. The minimum absolute atomic E-state index is 0.0537. The van der Waals surface area contributed by atoms with Crippen molar-refractivity contribution in [1.29, 1.82) is 0 Å². The van der Waals surface area contributed by atoms with Crippen LogP contribution in [0.1, 0.15) is 48.5 Å². The third kappa shape index (κ3) is 5.29. The van der Waals surface area contributed by atoms with Crippen molar-refractivity contribution >= 4 is 29.3 Å². The monoisotopic (exact) mass is 403 g/mol. The van der Waals surface area contributed by atoms with Gasteiger partial charge in [0, 0.05) is 36.6 Å². The van der Waals surface area contributed by atoms with Gasteiger partial charge in [-0.05, 0) is 61.4 Å². The second-order valence-corrected chi connectivity index (χ2v) is 8.38. The topological polar surface area (TPSA) is 61.4 Å². The summed E-state index contributed by atoms with van der Waals surface area (Å²) in [5.41, 5.74) is 3.19. The van der Waals surface area contributed by atoms with E-state index in [-0.39, 0.29) is 11.8 Å². The zero-order valence-corrected chi connectivity index (χ0v) is 17.4. The lowest BCUT2D eigenvalue weighted by atomic mass is 9.97. The van der Waals surface area contributed by atoms with Crippen molar-refractivity contribution in [3.8, 4) is 0 Å². The molecule has 0 aromatic heterocycles. The van der Waals surface area contributed by atoms with E-state index in [2.05, 4.69) is 22.5 Å². The predicted octanol–water partition coefficient (Wildman–Crippen LogP) is 4.47. The van der Waals surface area contributed by atoms with Crippen LogP contribution in [0.15, 0.2) is 54.6 Å². The molecule has 5 nitrogen and oxygen atoms in total. The minimum atomic E-state index is -0.216. The second-order valence-electron chi connectivity index (χ2n) is 8.38. The number of piperidine rings is 1. The van der Waals surface area contributed by atoms with Crippen LogP contribution in [-0.4, -0.2) is 30.9 Å². The first-order chi connectivity index (χ1) is 14.6. The first-order valence-corrected chi connectivity index (χ1v) is 10.8. The van der Waals surface area contributed by atoms with Gasteiger partial charge in [0.25, 0.3) is 5.91 Å². The van der Waals surface area contributed by atoms with Crippen LogP contribution in [-0.2, 0) is 4.79 Å². The van der Waals surface area contributed by atoms with Crippen molar-refractivity contribution in [2.45, 2.75) is 38.6 Å². The minimum Gasteiger partial charge on any atom is -0.371 e. The van der Waals surface area contributed by atoms with E-state index < -0.39 is 0 Å². The third-order valence-electron chi connectivity index (χ3n) is 5.77. The summed E-state index contributed by atoms with van der Waals surface area (Å²) in [6.45, 7) is 4.19. The van der Waals surface area contributed by atoms with E-state index in [1.807, 2.05) is 42.5 Å². The number of hydrogen-bond acceptors (Lipinski definition) is 3. The second kappa shape index (κ2) is 9.16. The number of amides is 2. The van der Waals surface area contributed by atoms with E-state index in [0.29, 0.717) is 17.3 Å². The Labute approximate surface area is 178 Å². The average molecular weight is 404 g/mol. The van der Waals surface area contributed by atoms with Crippen LogP contribution in [0.3, 0.4) is 0 Å². The fourth-order valence-electron chi connectivity index (χ4n) is 3.73. The SMILES string of the molecule is CC1CCN(c2ccc(NC(=O)/C=C/c3ccccc3)cc2C(=O)NC2CC2)CC1.